The Morgan fingerprint density at radius 1 is 1.17 bits per heavy atom. The maximum absolute atomic E-state index is 13.5. The number of carbonyl (C=O) groups is 6. The molecule has 3 aliphatic rings. The van der Waals surface area contributed by atoms with Crippen molar-refractivity contribution in [3.8, 4) is 5.75 Å². The largest absolute Gasteiger partial charge is 0.503 e. The number of rotatable bonds is 15. The van der Waals surface area contributed by atoms with Crippen LogP contribution in [-0.2, 0) is 35.9 Å². The van der Waals surface area contributed by atoms with Gasteiger partial charge in [0.1, 0.15) is 35.0 Å². The second-order valence-electron chi connectivity index (χ2n) is 12.3. The van der Waals surface area contributed by atoms with Crippen LogP contribution in [0, 0.1) is 0 Å². The molecule has 2 aromatic heterocycles. The number of nitrogens with zero attached hydrogens (tertiary/aromatic N) is 5. The van der Waals surface area contributed by atoms with Gasteiger partial charge in [0.2, 0.25) is 11.5 Å². The maximum Gasteiger partial charge on any atom is 0.352 e. The van der Waals surface area contributed by atoms with Gasteiger partial charge in [-0.1, -0.05) is 5.16 Å². The first-order valence-corrected chi connectivity index (χ1v) is 17.7. The molecule has 20 nitrogen and oxygen atoms in total. The van der Waals surface area contributed by atoms with E-state index in [1.165, 1.54) is 28.8 Å². The van der Waals surface area contributed by atoms with Crippen molar-refractivity contribution < 1.29 is 58.5 Å². The summed E-state index contributed by atoms with van der Waals surface area (Å²) in [6, 6.07) is -0.164. The van der Waals surface area contributed by atoms with Crippen LogP contribution in [0.15, 0.2) is 38.9 Å². The fourth-order valence-electron chi connectivity index (χ4n) is 6.27. The number of hydrogen-bond acceptors (Lipinski definition) is 14. The molecule has 5 rings (SSSR count). The molecule has 3 atom stereocenters. The molecule has 0 saturated carbocycles. The monoisotopic (exact) mass is 763 g/mol. The fraction of sp³-hybridized carbons (Fsp3) is 0.433. The first-order valence-electron chi connectivity index (χ1n) is 15.7. The molecule has 2 aromatic rings. The molecule has 0 radical (unpaired) electrons. The Hall–Kier alpha value is -5.48. The van der Waals surface area contributed by atoms with E-state index in [-0.39, 0.29) is 41.1 Å². The van der Waals surface area contributed by atoms with Gasteiger partial charge >= 0.3 is 17.9 Å². The summed E-state index contributed by atoms with van der Waals surface area (Å²) in [4.78, 5) is 96.7. The number of thiazole rings is 1. The lowest BCUT2D eigenvalue weighted by Crippen LogP contribution is -2.71. The van der Waals surface area contributed by atoms with Crippen molar-refractivity contribution in [3.05, 3.63) is 50.5 Å². The Kier molecular flexibility index (Phi) is 11.2. The molecular weight excluding hydrogens is 729 g/mol. The van der Waals surface area contributed by atoms with Gasteiger partial charge in [0.05, 0.1) is 38.8 Å². The molecular formula is C30H35N8O12S2+. The van der Waals surface area contributed by atoms with Gasteiger partial charge in [-0.25, -0.2) is 14.6 Å². The molecule has 8 N–H and O–H groups in total. The molecule has 3 amide bonds. The average Bonchev–Trinajstić information content (AvgIpc) is 3.73. The van der Waals surface area contributed by atoms with E-state index in [0.29, 0.717) is 29.7 Å². The Bertz CT molecular complexity index is 1940. The molecule has 2 saturated heterocycles. The van der Waals surface area contributed by atoms with E-state index in [1.54, 1.807) is 0 Å². The number of likely N-dealkylation sites (tertiary alicyclic amines) is 1. The number of aromatic nitrogens is 2. The number of carboxylic acid groups (broad SMARTS) is 3. The van der Waals surface area contributed by atoms with Gasteiger partial charge in [0.15, 0.2) is 16.6 Å². The minimum Gasteiger partial charge on any atom is -0.503 e. The zero-order valence-corrected chi connectivity index (χ0v) is 29.1. The predicted octanol–water partition coefficient (Wildman–Crippen LogP) is -1.44. The van der Waals surface area contributed by atoms with Gasteiger partial charge in [-0.15, -0.1) is 23.1 Å². The minimum absolute atomic E-state index is 0.0263. The van der Waals surface area contributed by atoms with Crippen LogP contribution in [0.5, 0.6) is 5.75 Å². The maximum atomic E-state index is 13.5. The minimum atomic E-state index is -1.94. The van der Waals surface area contributed by atoms with Crippen LogP contribution in [-0.4, -0.2) is 137 Å². The number of fused-ring (bicyclic) bond motifs is 1. The van der Waals surface area contributed by atoms with E-state index < -0.39 is 76.5 Å². The highest BCUT2D eigenvalue weighted by Gasteiger charge is 2.55. The number of oxime groups is 1. The van der Waals surface area contributed by atoms with Crippen LogP contribution in [0.3, 0.4) is 0 Å². The summed E-state index contributed by atoms with van der Waals surface area (Å²) in [7, 11) is 1.52. The van der Waals surface area contributed by atoms with E-state index in [1.807, 2.05) is 0 Å². The number of nitrogen functional groups attached to an aromatic ring is 1. The number of pyridine rings is 1. The predicted molar refractivity (Wildman–Crippen MR) is 182 cm³/mol. The molecule has 0 spiro atoms. The van der Waals surface area contributed by atoms with Crippen LogP contribution < -0.4 is 21.8 Å². The summed E-state index contributed by atoms with van der Waals surface area (Å²) in [5, 5.41) is 47.6. The Morgan fingerprint density at radius 3 is 2.50 bits per heavy atom. The van der Waals surface area contributed by atoms with E-state index in [9.17, 15) is 48.9 Å². The third kappa shape index (κ3) is 8.02. The molecule has 0 aliphatic carbocycles. The summed E-state index contributed by atoms with van der Waals surface area (Å²) in [6.45, 7) is 2.33. The number of hydrogen-bond donors (Lipinski definition) is 7. The number of anilines is 1. The zero-order chi connectivity index (χ0) is 37.9. The molecule has 52 heavy (non-hydrogen) atoms. The first-order chi connectivity index (χ1) is 24.6. The van der Waals surface area contributed by atoms with Crippen molar-refractivity contribution in [2.45, 2.75) is 36.8 Å². The van der Waals surface area contributed by atoms with E-state index in [2.05, 4.69) is 20.8 Å². The van der Waals surface area contributed by atoms with Gasteiger partial charge in [-0.2, -0.15) is 0 Å². The standard InChI is InChI=1S/C30H34N8O12S2/c1-36-10-18(40)17(39)8-16(36)24(43)32-4-7-38(5-2-3-6-38)11-14-12-51-27-22(26(45)37(27)23(14)29(48)49)34-25(44)21(15-13-52-30(31)33-15)35-50-19(28(46)47)9-20(41)42/h8,10,13,19,22,27H,2-7,9,11-12H2,1H3,(H7-,31,32,33,34,40,41,42,43,44,46,47,48,49)/p+1/b35-21-/t19-,22+,27+/m0/s1. The molecule has 2 fully saturated rings. The van der Waals surface area contributed by atoms with Crippen molar-refractivity contribution in [3.63, 3.8) is 0 Å². The molecule has 278 valence electrons. The molecule has 22 heteroatoms. The number of carboxylic acids is 3. The van der Waals surface area contributed by atoms with Crippen LogP contribution in [0.4, 0.5) is 5.13 Å². The number of aromatic hydroxyl groups is 1. The smallest absolute Gasteiger partial charge is 0.352 e. The summed E-state index contributed by atoms with van der Waals surface area (Å²) in [5.74, 6) is -7.00. The molecule has 0 unspecified atom stereocenters. The Balaban J connectivity index is 1.30. The Labute approximate surface area is 302 Å². The summed E-state index contributed by atoms with van der Waals surface area (Å²) < 4.78 is 1.78. The van der Waals surface area contributed by atoms with Gasteiger partial charge in [0.25, 0.3) is 17.7 Å². The lowest BCUT2D eigenvalue weighted by molar-refractivity contribution is -0.911. The lowest BCUT2D eigenvalue weighted by atomic mass is 10.0. The van der Waals surface area contributed by atoms with Crippen molar-refractivity contribution in [1.82, 2.24) is 25.1 Å². The number of nitrogens with one attached hydrogen (secondary N) is 2. The van der Waals surface area contributed by atoms with Crippen molar-refractivity contribution in [1.29, 1.82) is 0 Å². The van der Waals surface area contributed by atoms with E-state index >= 15 is 0 Å². The average molecular weight is 764 g/mol. The first kappa shape index (κ1) is 37.8. The summed E-state index contributed by atoms with van der Waals surface area (Å²) >= 11 is 2.17. The summed E-state index contributed by atoms with van der Waals surface area (Å²) in [6.07, 6.45) is -0.0356. The lowest BCUT2D eigenvalue weighted by Gasteiger charge is -2.50. The van der Waals surface area contributed by atoms with Crippen LogP contribution >= 0.6 is 23.1 Å². The van der Waals surface area contributed by atoms with Crippen molar-refractivity contribution in [2.75, 3.05) is 44.2 Å². The fourth-order valence-corrected chi connectivity index (χ4v) is 8.15. The second kappa shape index (κ2) is 15.4. The highest BCUT2D eigenvalue weighted by atomic mass is 32.2. The van der Waals surface area contributed by atoms with E-state index in [0.717, 1.165) is 41.3 Å². The quantitative estimate of drug-likeness (QED) is 0.0473. The third-order valence-electron chi connectivity index (χ3n) is 8.78. The number of quaternary nitrogens is 1. The van der Waals surface area contributed by atoms with Gasteiger partial charge in [0, 0.05) is 42.7 Å². The van der Waals surface area contributed by atoms with E-state index in [4.69, 9.17) is 15.7 Å². The number of nitrogens with two attached hydrogens (primary N) is 1. The zero-order valence-electron chi connectivity index (χ0n) is 27.5. The molecule has 5 heterocycles. The molecule has 0 aromatic carbocycles. The number of amides is 3. The third-order valence-corrected chi connectivity index (χ3v) is 10.8. The topological polar surface area (TPSA) is 293 Å². The highest BCUT2D eigenvalue weighted by Crippen LogP contribution is 2.41. The van der Waals surface area contributed by atoms with Crippen LogP contribution in [0.2, 0.25) is 0 Å². The number of β-lactam (4-membered cyclic amide) rings is 1. The SMILES string of the molecule is Cn1cc(O)c(=O)cc1C(=O)NCC[N+]1(CC2=C(C(=O)O)N3C(=O)[C@@H](NC(=O)/C(=N\O[C@@H](CC(=O)O)C(=O)O)c4csc(N)n4)[C@H]3SC2)CCCC1. The Morgan fingerprint density at radius 2 is 1.88 bits per heavy atom. The highest BCUT2D eigenvalue weighted by molar-refractivity contribution is 8.00. The second-order valence-corrected chi connectivity index (χ2v) is 14.3. The van der Waals surface area contributed by atoms with Gasteiger partial charge in [-0.3, -0.25) is 28.9 Å². The van der Waals surface area contributed by atoms with Crippen LogP contribution in [0.25, 0.3) is 0 Å². The number of aliphatic carboxylic acids is 3. The van der Waals surface area contributed by atoms with Crippen molar-refractivity contribution >= 4 is 69.6 Å². The van der Waals surface area contributed by atoms with Gasteiger partial charge in [-0.05, 0) is 0 Å². The summed E-state index contributed by atoms with van der Waals surface area (Å²) in [5.41, 5.74) is 4.65. The number of thioether (sulfide) groups is 1. The number of carbonyl (C=O) groups excluding carboxylic acids is 3. The molecule has 0 bridgehead atoms. The van der Waals surface area contributed by atoms with Crippen molar-refractivity contribution in [2.24, 2.45) is 12.2 Å². The van der Waals surface area contributed by atoms with Crippen LogP contribution in [0.1, 0.15) is 35.4 Å². The molecule has 3 aliphatic heterocycles. The normalized spacial score (nSPS) is 20.1. The number of aryl methyl sites for hydroxylation is 1. The van der Waals surface area contributed by atoms with Gasteiger partial charge < -0.3 is 50.7 Å².